The third-order valence-corrected chi connectivity index (χ3v) is 2.55. The van der Waals surface area contributed by atoms with Gasteiger partial charge < -0.3 is 9.15 Å². The second-order valence-electron chi connectivity index (χ2n) is 2.17. The summed E-state index contributed by atoms with van der Waals surface area (Å²) < 4.78 is 41.9. The number of methoxy groups -OCH3 is 1. The summed E-state index contributed by atoms with van der Waals surface area (Å²) in [7, 11) is -3.87. The molecule has 78 valence electrons. The van der Waals surface area contributed by atoms with Crippen LogP contribution in [0.2, 0.25) is 0 Å². The SMILES string of the molecule is COC(=O)c1oc(S(=O)(=O)F)cc1Br. The van der Waals surface area contributed by atoms with Crippen LogP contribution in [0.15, 0.2) is 20.0 Å². The van der Waals surface area contributed by atoms with Gasteiger partial charge in [-0.05, 0) is 15.9 Å². The van der Waals surface area contributed by atoms with Gasteiger partial charge in [-0.2, -0.15) is 8.42 Å². The predicted molar refractivity (Wildman–Crippen MR) is 46.0 cm³/mol. The highest BCUT2D eigenvalue weighted by Gasteiger charge is 2.24. The van der Waals surface area contributed by atoms with E-state index in [1.165, 1.54) is 0 Å². The summed E-state index contributed by atoms with van der Waals surface area (Å²) in [5.41, 5.74) is 0. The zero-order valence-electron chi connectivity index (χ0n) is 6.78. The molecule has 5 nitrogen and oxygen atoms in total. The normalized spacial score (nSPS) is 11.4. The zero-order valence-corrected chi connectivity index (χ0v) is 9.19. The number of rotatable bonds is 2. The number of carbonyl (C=O) groups is 1. The molecule has 0 aromatic carbocycles. The van der Waals surface area contributed by atoms with Crippen molar-refractivity contribution >= 4 is 32.1 Å². The molecule has 0 atom stereocenters. The average Bonchev–Trinajstić information content (AvgIpc) is 2.45. The number of ether oxygens (including phenoxy) is 1. The topological polar surface area (TPSA) is 73.6 Å². The summed E-state index contributed by atoms with van der Waals surface area (Å²) in [4.78, 5) is 10.9. The van der Waals surface area contributed by atoms with E-state index in [9.17, 15) is 17.1 Å². The van der Waals surface area contributed by atoms with Crippen molar-refractivity contribution in [3.8, 4) is 0 Å². The van der Waals surface area contributed by atoms with Gasteiger partial charge in [0.05, 0.1) is 11.6 Å². The molecule has 1 rings (SSSR count). The Labute approximate surface area is 87.2 Å². The molecule has 0 fully saturated rings. The lowest BCUT2D eigenvalue weighted by Crippen LogP contribution is -1.99. The summed E-state index contributed by atoms with van der Waals surface area (Å²) in [6, 6.07) is 0.835. The first kappa shape index (κ1) is 11.2. The number of carbonyl (C=O) groups excluding carboxylic acids is 1. The minimum atomic E-state index is -4.95. The zero-order chi connectivity index (χ0) is 10.9. The van der Waals surface area contributed by atoms with Crippen molar-refractivity contribution in [1.82, 2.24) is 0 Å². The summed E-state index contributed by atoms with van der Waals surface area (Å²) in [6.45, 7) is 0. The highest BCUT2D eigenvalue weighted by Crippen LogP contribution is 2.26. The minimum absolute atomic E-state index is 0.0144. The van der Waals surface area contributed by atoms with Crippen LogP contribution < -0.4 is 0 Å². The maximum Gasteiger partial charge on any atom is 0.375 e. The number of halogens is 2. The molecule has 0 unspecified atom stereocenters. The van der Waals surface area contributed by atoms with E-state index in [0.29, 0.717) is 0 Å². The van der Waals surface area contributed by atoms with Gasteiger partial charge in [0.2, 0.25) is 5.76 Å². The molecule has 0 radical (unpaired) electrons. The van der Waals surface area contributed by atoms with E-state index in [2.05, 4.69) is 25.1 Å². The van der Waals surface area contributed by atoms with Crippen molar-refractivity contribution < 1.29 is 26.3 Å². The molecule has 1 heterocycles. The van der Waals surface area contributed by atoms with E-state index >= 15 is 0 Å². The first-order valence-electron chi connectivity index (χ1n) is 3.18. The molecular weight excluding hydrogens is 283 g/mol. The molecule has 0 amide bonds. The van der Waals surface area contributed by atoms with Crippen molar-refractivity contribution in [2.24, 2.45) is 0 Å². The van der Waals surface area contributed by atoms with E-state index in [4.69, 9.17) is 0 Å². The Morgan fingerprint density at radius 3 is 2.57 bits per heavy atom. The number of hydrogen-bond donors (Lipinski definition) is 0. The van der Waals surface area contributed by atoms with Gasteiger partial charge in [-0.3, -0.25) is 0 Å². The number of esters is 1. The Hall–Kier alpha value is -0.890. The lowest BCUT2D eigenvalue weighted by Gasteiger charge is -1.93. The molecule has 0 N–H and O–H groups in total. The van der Waals surface area contributed by atoms with Crippen LogP contribution in [0.5, 0.6) is 0 Å². The van der Waals surface area contributed by atoms with Crippen LogP contribution in [0, 0.1) is 0 Å². The molecule has 0 spiro atoms. The van der Waals surface area contributed by atoms with Gasteiger partial charge in [-0.15, -0.1) is 0 Å². The van der Waals surface area contributed by atoms with E-state index in [1.54, 1.807) is 0 Å². The molecule has 1 aromatic rings. The molecule has 0 bridgehead atoms. The second-order valence-corrected chi connectivity index (χ2v) is 4.30. The molecule has 0 aliphatic rings. The summed E-state index contributed by atoms with van der Waals surface area (Å²) in [5, 5.41) is -0.940. The first-order valence-corrected chi connectivity index (χ1v) is 5.36. The third-order valence-electron chi connectivity index (χ3n) is 1.28. The summed E-state index contributed by atoms with van der Waals surface area (Å²) >= 11 is 2.83. The Kier molecular flexibility index (Phi) is 2.95. The Balaban J connectivity index is 3.25. The quantitative estimate of drug-likeness (QED) is 0.608. The monoisotopic (exact) mass is 286 g/mol. The Morgan fingerprint density at radius 2 is 2.21 bits per heavy atom. The van der Waals surface area contributed by atoms with Crippen LogP contribution >= 0.6 is 15.9 Å². The molecule has 8 heteroatoms. The van der Waals surface area contributed by atoms with Crippen molar-refractivity contribution in [3.63, 3.8) is 0 Å². The van der Waals surface area contributed by atoms with Crippen LogP contribution in [0.3, 0.4) is 0 Å². The van der Waals surface area contributed by atoms with Gasteiger partial charge in [0.15, 0.2) is 0 Å². The van der Waals surface area contributed by atoms with Crippen molar-refractivity contribution in [2.45, 2.75) is 5.09 Å². The fourth-order valence-corrected chi connectivity index (χ4v) is 1.74. The van der Waals surface area contributed by atoms with E-state index in [1.807, 2.05) is 0 Å². The van der Waals surface area contributed by atoms with Crippen molar-refractivity contribution in [2.75, 3.05) is 7.11 Å². The lowest BCUT2D eigenvalue weighted by atomic mass is 10.5. The molecular formula is C6H4BrFO5S. The average molecular weight is 287 g/mol. The first-order chi connectivity index (χ1) is 6.36. The van der Waals surface area contributed by atoms with E-state index < -0.39 is 27.0 Å². The largest absolute Gasteiger partial charge is 0.463 e. The highest BCUT2D eigenvalue weighted by atomic mass is 79.9. The Bertz CT molecular complexity index is 463. The maximum absolute atomic E-state index is 12.4. The smallest absolute Gasteiger partial charge is 0.375 e. The van der Waals surface area contributed by atoms with Gasteiger partial charge in [-0.1, -0.05) is 3.89 Å². The van der Waals surface area contributed by atoms with Crippen LogP contribution in [-0.4, -0.2) is 21.5 Å². The molecule has 0 aliphatic carbocycles. The van der Waals surface area contributed by atoms with E-state index in [0.717, 1.165) is 13.2 Å². The van der Waals surface area contributed by atoms with Crippen LogP contribution in [-0.2, 0) is 15.0 Å². The molecule has 14 heavy (non-hydrogen) atoms. The van der Waals surface area contributed by atoms with Crippen LogP contribution in [0.1, 0.15) is 10.6 Å². The molecule has 0 saturated heterocycles. The predicted octanol–water partition coefficient (Wildman–Crippen LogP) is 1.49. The van der Waals surface area contributed by atoms with Crippen molar-refractivity contribution in [1.29, 1.82) is 0 Å². The van der Waals surface area contributed by atoms with Crippen LogP contribution in [0.25, 0.3) is 0 Å². The van der Waals surface area contributed by atoms with Gasteiger partial charge in [-0.25, -0.2) is 4.79 Å². The number of hydrogen-bond acceptors (Lipinski definition) is 5. The van der Waals surface area contributed by atoms with E-state index in [-0.39, 0.29) is 4.47 Å². The summed E-state index contributed by atoms with van der Waals surface area (Å²) in [6.07, 6.45) is 0. The van der Waals surface area contributed by atoms with Gasteiger partial charge in [0.1, 0.15) is 0 Å². The molecule has 1 aromatic heterocycles. The maximum atomic E-state index is 12.4. The lowest BCUT2D eigenvalue weighted by molar-refractivity contribution is 0.0557. The highest BCUT2D eigenvalue weighted by molar-refractivity contribution is 9.10. The fourth-order valence-electron chi connectivity index (χ4n) is 0.700. The second kappa shape index (κ2) is 3.70. The Morgan fingerprint density at radius 1 is 1.64 bits per heavy atom. The van der Waals surface area contributed by atoms with Crippen LogP contribution in [0.4, 0.5) is 3.89 Å². The minimum Gasteiger partial charge on any atom is -0.463 e. The van der Waals surface area contributed by atoms with Gasteiger partial charge in [0.25, 0.3) is 5.09 Å². The molecule has 0 aliphatic heterocycles. The third kappa shape index (κ3) is 2.13. The molecule has 0 saturated carbocycles. The van der Waals surface area contributed by atoms with Gasteiger partial charge >= 0.3 is 16.2 Å². The summed E-state index contributed by atoms with van der Waals surface area (Å²) in [5.74, 6) is -1.30. The van der Waals surface area contributed by atoms with Gasteiger partial charge in [0, 0.05) is 6.07 Å². The number of furan rings is 1. The van der Waals surface area contributed by atoms with Crippen molar-refractivity contribution in [3.05, 3.63) is 16.3 Å². The standard InChI is InChI=1S/C6H4BrFO5S/c1-12-6(9)5-3(7)2-4(13-5)14(8,10)11/h2H,1H3. The fraction of sp³-hybridized carbons (Fsp3) is 0.167.